The van der Waals surface area contributed by atoms with Gasteiger partial charge in [0.2, 0.25) is 0 Å². The first-order valence-corrected chi connectivity index (χ1v) is 16.7. The van der Waals surface area contributed by atoms with Crippen LogP contribution in [-0.2, 0) is 19.4 Å². The molecule has 1 aromatic carbocycles. The van der Waals surface area contributed by atoms with Gasteiger partial charge in [-0.15, -0.1) is 0 Å². The standard InChI is InChI=1S/C19H30NOSe.2CH3.Sn/c1-17(2,3)12-10-13(18(4,5)6)15(16(22)20-21)14(11-12)19(7,8)9;;;/h10-11,21H,1-9H3;2*1H3;/q;;;+1/p-1/b20-16-;;;. The van der Waals surface area contributed by atoms with Crippen molar-refractivity contribution in [2.75, 3.05) is 0 Å². The van der Waals surface area contributed by atoms with Gasteiger partial charge in [-0.2, -0.15) is 0 Å². The first-order valence-electron chi connectivity index (χ1n) is 8.97. The van der Waals surface area contributed by atoms with Crippen LogP contribution in [0.25, 0.3) is 0 Å². The summed E-state index contributed by atoms with van der Waals surface area (Å²) in [5.74, 6) is 0. The molecule has 2 radical (unpaired) electrons. The molecule has 2 nitrogen and oxygen atoms in total. The normalized spacial score (nSPS) is 14.2. The van der Waals surface area contributed by atoms with E-state index in [1.54, 1.807) is 0 Å². The van der Waals surface area contributed by atoms with Crippen molar-refractivity contribution in [2.45, 2.75) is 88.4 Å². The molecule has 0 aliphatic rings. The van der Waals surface area contributed by atoms with Crippen LogP contribution in [0.4, 0.5) is 0 Å². The van der Waals surface area contributed by atoms with E-state index in [-0.39, 0.29) is 16.2 Å². The van der Waals surface area contributed by atoms with Gasteiger partial charge in [-0.1, -0.05) is 0 Å². The maximum absolute atomic E-state index is 5.74. The molecule has 25 heavy (non-hydrogen) atoms. The van der Waals surface area contributed by atoms with Gasteiger partial charge in [0.05, 0.1) is 0 Å². The molecule has 0 heterocycles. The van der Waals surface area contributed by atoms with Gasteiger partial charge in [-0.05, 0) is 0 Å². The molecule has 4 heteroatoms. The third-order valence-electron chi connectivity index (χ3n) is 4.15. The fraction of sp³-hybridized carbons (Fsp3) is 0.667. The summed E-state index contributed by atoms with van der Waals surface area (Å²) >= 11 is 1.45. The van der Waals surface area contributed by atoms with Crippen LogP contribution >= 0.6 is 0 Å². The Morgan fingerprint density at radius 1 is 0.840 bits per heavy atom. The van der Waals surface area contributed by atoms with Gasteiger partial charge in [-0.25, -0.2) is 0 Å². The summed E-state index contributed by atoms with van der Waals surface area (Å²) in [5, 5.41) is 4.48. The molecular weight excluding hydrogens is 480 g/mol. The van der Waals surface area contributed by atoms with E-state index in [1.165, 1.54) is 22.3 Å². The molecule has 0 spiro atoms. The summed E-state index contributed by atoms with van der Waals surface area (Å²) in [6.45, 7) is 20.5. The monoisotopic (exact) mass is 517 g/mol. The second-order valence-corrected chi connectivity index (χ2v) is 16.6. The van der Waals surface area contributed by atoms with Gasteiger partial charge in [0, 0.05) is 0 Å². The van der Waals surface area contributed by atoms with Crippen molar-refractivity contribution in [3.05, 3.63) is 34.4 Å². The van der Waals surface area contributed by atoms with Gasteiger partial charge < -0.3 is 0 Å². The zero-order valence-corrected chi connectivity index (χ0v) is 22.5. The summed E-state index contributed by atoms with van der Waals surface area (Å²) in [7, 11) is 0. The van der Waals surface area contributed by atoms with Crippen LogP contribution in [0.5, 0.6) is 0 Å². The van der Waals surface area contributed by atoms with Gasteiger partial charge >= 0.3 is 172 Å². The first kappa shape index (κ1) is 23.0. The van der Waals surface area contributed by atoms with Gasteiger partial charge in [-0.3, -0.25) is 0 Å². The fourth-order valence-electron chi connectivity index (χ4n) is 2.67. The molecule has 140 valence electrons. The van der Waals surface area contributed by atoms with Gasteiger partial charge in [0.1, 0.15) is 0 Å². The Hall–Kier alpha value is 0.00818. The fourth-order valence-corrected chi connectivity index (χ4v) is 4.41. The Labute approximate surface area is 171 Å². The molecule has 1 rings (SSSR count). The number of hydrogen-bond donors (Lipinski definition) is 0. The Morgan fingerprint density at radius 3 is 1.52 bits per heavy atom. The summed E-state index contributed by atoms with van der Waals surface area (Å²) in [5.41, 5.74) is 5.44. The van der Waals surface area contributed by atoms with Crippen LogP contribution < -0.4 is 0 Å². The molecule has 1 aromatic rings. The molecule has 0 unspecified atom stereocenters. The topological polar surface area (TPSA) is 21.6 Å². The summed E-state index contributed by atoms with van der Waals surface area (Å²) in [6.07, 6.45) is 0. The van der Waals surface area contributed by atoms with E-state index in [2.05, 4.69) is 105 Å². The van der Waals surface area contributed by atoms with Crippen LogP contribution in [0.1, 0.15) is 84.6 Å². The molecule has 0 aromatic heterocycles. The number of oxime groups is 1. The average Bonchev–Trinajstić information content (AvgIpc) is 2.40. The minimum absolute atomic E-state index is 0.0290. The van der Waals surface area contributed by atoms with Crippen molar-refractivity contribution in [3.63, 3.8) is 0 Å². The molecular formula is C21H35NOSeSn. The predicted molar refractivity (Wildman–Crippen MR) is 113 cm³/mol. The van der Waals surface area contributed by atoms with E-state index in [9.17, 15) is 0 Å². The van der Waals surface area contributed by atoms with Gasteiger partial charge in [0.15, 0.2) is 0 Å². The van der Waals surface area contributed by atoms with Crippen molar-refractivity contribution in [1.29, 1.82) is 0 Å². The molecule has 0 saturated carbocycles. The second kappa shape index (κ2) is 7.94. The zero-order chi connectivity index (χ0) is 19.8. The van der Waals surface area contributed by atoms with Crippen molar-refractivity contribution in [1.82, 2.24) is 0 Å². The van der Waals surface area contributed by atoms with E-state index in [1.807, 2.05) is 0 Å². The Balaban J connectivity index is 3.86. The molecule has 0 aliphatic carbocycles. The average molecular weight is 515 g/mol. The summed E-state index contributed by atoms with van der Waals surface area (Å²) < 4.78 is 6.63. The van der Waals surface area contributed by atoms with E-state index < -0.39 is 20.2 Å². The molecule has 0 N–H and O–H groups in total. The molecule has 0 atom stereocenters. The molecule has 0 amide bonds. The first-order chi connectivity index (χ1) is 11.0. The number of benzene rings is 1. The van der Waals surface area contributed by atoms with Crippen LogP contribution in [-0.4, -0.2) is 40.8 Å². The molecule has 0 fully saturated rings. The van der Waals surface area contributed by atoms with E-state index in [0.29, 0.717) is 0 Å². The number of nitrogens with zero attached hydrogens (tertiary/aromatic N) is 1. The number of rotatable bonds is 3. The Bertz CT molecular complexity index is 608. The Morgan fingerprint density at radius 2 is 1.24 bits per heavy atom. The third-order valence-corrected chi connectivity index (χ3v) is 6.03. The van der Waals surface area contributed by atoms with Crippen LogP contribution in [0, 0.1) is 0 Å². The number of hydrogen-bond acceptors (Lipinski definition) is 2. The van der Waals surface area contributed by atoms with Crippen LogP contribution in [0.3, 0.4) is 0 Å². The summed E-state index contributed by atoms with van der Waals surface area (Å²) in [6, 6.07) is 4.74. The zero-order valence-electron chi connectivity index (χ0n) is 17.9. The van der Waals surface area contributed by atoms with Crippen molar-refractivity contribution in [3.8, 4) is 0 Å². The minimum atomic E-state index is -1.74. The Kier molecular flexibility index (Phi) is 7.32. The van der Waals surface area contributed by atoms with E-state index in [0.717, 1.165) is 4.61 Å². The molecule has 0 saturated heterocycles. The predicted octanol–water partition coefficient (Wildman–Crippen LogP) is 5.68. The van der Waals surface area contributed by atoms with E-state index >= 15 is 0 Å². The van der Waals surface area contributed by atoms with Crippen molar-refractivity contribution < 1.29 is 3.17 Å². The summed E-state index contributed by atoms with van der Waals surface area (Å²) in [4.78, 5) is 4.38. The maximum atomic E-state index is 5.74. The van der Waals surface area contributed by atoms with Crippen molar-refractivity contribution in [2.24, 2.45) is 5.16 Å². The molecule has 0 bridgehead atoms. The van der Waals surface area contributed by atoms with Crippen LogP contribution in [0.2, 0.25) is 9.88 Å². The third kappa shape index (κ3) is 6.29. The SMILES string of the molecule is [CH3][Sn]([CH3])[O]/N=C(\[Se])c1c(C(C)(C)C)cc(C(C)(C)C)cc1C(C)(C)C. The van der Waals surface area contributed by atoms with E-state index in [4.69, 9.17) is 3.17 Å². The van der Waals surface area contributed by atoms with Crippen molar-refractivity contribution >= 4 is 40.8 Å². The second-order valence-electron chi connectivity index (χ2n) is 10.1. The molecule has 0 aliphatic heterocycles. The van der Waals surface area contributed by atoms with Crippen LogP contribution in [0.15, 0.2) is 17.3 Å². The quantitative estimate of drug-likeness (QED) is 0.289. The van der Waals surface area contributed by atoms with Gasteiger partial charge in [0.25, 0.3) is 0 Å².